The molecule has 0 saturated carbocycles. The first-order chi connectivity index (χ1) is 7.08. The van der Waals surface area contributed by atoms with E-state index in [0.29, 0.717) is 6.04 Å². The Balaban J connectivity index is 0. The Bertz CT molecular complexity index is 98.7. The highest BCUT2D eigenvalue weighted by Crippen LogP contribution is 2.03. The molecule has 0 rings (SSSR count). The first-order valence-corrected chi connectivity index (χ1v) is 6.54. The van der Waals surface area contributed by atoms with Gasteiger partial charge in [-0.2, -0.15) is 0 Å². The minimum atomic E-state index is 0.426. The molecule has 4 N–H and O–H groups in total. The second-order valence-corrected chi connectivity index (χ2v) is 4.65. The smallest absolute Gasteiger partial charge is 0.00386 e. The van der Waals surface area contributed by atoms with Gasteiger partial charge in [-0.15, -0.1) is 0 Å². The molecule has 0 radical (unpaired) electrons. The molecule has 2 heteroatoms. The minimum Gasteiger partial charge on any atom is -0.330 e. The molecule has 15 heavy (non-hydrogen) atoms. The van der Waals surface area contributed by atoms with Gasteiger partial charge in [0.15, 0.2) is 0 Å². The second-order valence-electron chi connectivity index (χ2n) is 4.65. The Morgan fingerprint density at radius 3 is 1.87 bits per heavy atom. The molecule has 0 spiro atoms. The van der Waals surface area contributed by atoms with Crippen LogP contribution in [-0.4, -0.2) is 12.6 Å². The predicted molar refractivity (Wildman–Crippen MR) is 70.9 cm³/mol. The van der Waals surface area contributed by atoms with Gasteiger partial charge in [-0.1, -0.05) is 47.0 Å². The zero-order chi connectivity index (χ0) is 12.1. The Hall–Kier alpha value is -0.0800. The summed E-state index contributed by atoms with van der Waals surface area (Å²) in [4.78, 5) is 0. The van der Waals surface area contributed by atoms with Crippen molar-refractivity contribution >= 4 is 0 Å². The van der Waals surface area contributed by atoms with Crippen molar-refractivity contribution < 1.29 is 0 Å². The van der Waals surface area contributed by atoms with Crippen LogP contribution in [0.2, 0.25) is 0 Å². The molecular formula is C13H32N2. The lowest BCUT2D eigenvalue weighted by Gasteiger charge is -2.09. The Labute approximate surface area is 96.8 Å². The number of hydrogen-bond acceptors (Lipinski definition) is 2. The zero-order valence-corrected chi connectivity index (χ0v) is 11.3. The van der Waals surface area contributed by atoms with Gasteiger partial charge in [0, 0.05) is 6.04 Å². The molecule has 0 aliphatic carbocycles. The van der Waals surface area contributed by atoms with E-state index in [0.717, 1.165) is 25.3 Å². The third-order valence-corrected chi connectivity index (χ3v) is 2.36. The van der Waals surface area contributed by atoms with Crippen LogP contribution in [0, 0.1) is 5.92 Å². The van der Waals surface area contributed by atoms with Crippen LogP contribution in [0.25, 0.3) is 0 Å². The summed E-state index contributed by atoms with van der Waals surface area (Å²) in [5.74, 6) is 0.755. The second kappa shape index (κ2) is 13.9. The normalized spacial score (nSPS) is 12.2. The molecule has 0 amide bonds. The highest BCUT2D eigenvalue weighted by Gasteiger charge is 2.00. The highest BCUT2D eigenvalue weighted by molar-refractivity contribution is 4.59. The summed E-state index contributed by atoms with van der Waals surface area (Å²) in [6.07, 6.45) is 7.44. The average Bonchev–Trinajstić information content (AvgIpc) is 2.18. The standard InChI is InChI=1S/C7H17N.C6H15N/c1-4-7(8)5-6(2)3;1-2-3-4-5-6-7/h6-7H,4-5,8H2,1-3H3;2-7H2,1H3. The van der Waals surface area contributed by atoms with Crippen molar-refractivity contribution in [3.8, 4) is 0 Å². The van der Waals surface area contributed by atoms with Gasteiger partial charge in [-0.05, 0) is 31.7 Å². The summed E-state index contributed by atoms with van der Waals surface area (Å²) in [5, 5.41) is 0. The lowest BCUT2D eigenvalue weighted by atomic mass is 10.0. The maximum Gasteiger partial charge on any atom is 0.00386 e. The predicted octanol–water partition coefficient (Wildman–Crippen LogP) is 3.30. The van der Waals surface area contributed by atoms with E-state index in [1.54, 1.807) is 0 Å². The zero-order valence-electron chi connectivity index (χ0n) is 11.3. The number of unbranched alkanes of at least 4 members (excludes halogenated alkanes) is 3. The van der Waals surface area contributed by atoms with Crippen molar-refractivity contribution in [3.63, 3.8) is 0 Å². The van der Waals surface area contributed by atoms with Gasteiger partial charge in [-0.25, -0.2) is 0 Å². The van der Waals surface area contributed by atoms with Crippen LogP contribution in [0.5, 0.6) is 0 Å². The van der Waals surface area contributed by atoms with Crippen molar-refractivity contribution in [1.29, 1.82) is 0 Å². The van der Waals surface area contributed by atoms with E-state index in [4.69, 9.17) is 11.5 Å². The molecule has 0 aliphatic heterocycles. The monoisotopic (exact) mass is 216 g/mol. The molecule has 0 aromatic rings. The van der Waals surface area contributed by atoms with E-state index in [9.17, 15) is 0 Å². The quantitative estimate of drug-likeness (QED) is 0.642. The first-order valence-electron chi connectivity index (χ1n) is 6.54. The summed E-state index contributed by atoms with van der Waals surface area (Å²) in [7, 11) is 0. The van der Waals surface area contributed by atoms with Crippen LogP contribution < -0.4 is 11.5 Å². The number of nitrogens with two attached hydrogens (primary N) is 2. The van der Waals surface area contributed by atoms with Gasteiger partial charge in [0.2, 0.25) is 0 Å². The topological polar surface area (TPSA) is 52.0 Å². The van der Waals surface area contributed by atoms with Gasteiger partial charge in [0.1, 0.15) is 0 Å². The fourth-order valence-corrected chi connectivity index (χ4v) is 1.34. The molecule has 0 aromatic heterocycles. The van der Waals surface area contributed by atoms with Gasteiger partial charge in [0.05, 0.1) is 0 Å². The average molecular weight is 216 g/mol. The fraction of sp³-hybridized carbons (Fsp3) is 1.00. The molecule has 0 aliphatic rings. The minimum absolute atomic E-state index is 0.426. The molecule has 94 valence electrons. The third kappa shape index (κ3) is 20.1. The van der Waals surface area contributed by atoms with E-state index >= 15 is 0 Å². The summed E-state index contributed by atoms with van der Waals surface area (Å²) >= 11 is 0. The molecule has 0 saturated heterocycles. The lowest BCUT2D eigenvalue weighted by Crippen LogP contribution is -2.20. The highest BCUT2D eigenvalue weighted by atomic mass is 14.6. The van der Waals surface area contributed by atoms with E-state index in [1.165, 1.54) is 25.7 Å². The van der Waals surface area contributed by atoms with Crippen LogP contribution >= 0.6 is 0 Å². The summed E-state index contributed by atoms with van der Waals surface area (Å²) in [5.41, 5.74) is 10.9. The van der Waals surface area contributed by atoms with E-state index < -0.39 is 0 Å². The molecule has 1 unspecified atom stereocenters. The van der Waals surface area contributed by atoms with E-state index in [2.05, 4.69) is 27.7 Å². The van der Waals surface area contributed by atoms with Crippen molar-refractivity contribution in [1.82, 2.24) is 0 Å². The summed E-state index contributed by atoms with van der Waals surface area (Å²) < 4.78 is 0. The molecule has 1 atom stereocenters. The first kappa shape index (κ1) is 17.3. The van der Waals surface area contributed by atoms with Crippen LogP contribution in [0.3, 0.4) is 0 Å². The van der Waals surface area contributed by atoms with E-state index in [1.807, 2.05) is 0 Å². The fourth-order valence-electron chi connectivity index (χ4n) is 1.34. The molecular weight excluding hydrogens is 184 g/mol. The molecule has 0 heterocycles. The molecule has 2 nitrogen and oxygen atoms in total. The van der Waals surface area contributed by atoms with Crippen molar-refractivity contribution in [2.75, 3.05) is 6.54 Å². The van der Waals surface area contributed by atoms with Crippen molar-refractivity contribution in [2.24, 2.45) is 17.4 Å². The van der Waals surface area contributed by atoms with Gasteiger partial charge >= 0.3 is 0 Å². The number of hydrogen-bond donors (Lipinski definition) is 2. The van der Waals surface area contributed by atoms with Crippen LogP contribution in [-0.2, 0) is 0 Å². The van der Waals surface area contributed by atoms with Crippen LogP contribution in [0.1, 0.15) is 66.2 Å². The van der Waals surface area contributed by atoms with Gasteiger partial charge in [-0.3, -0.25) is 0 Å². The third-order valence-electron chi connectivity index (χ3n) is 2.36. The van der Waals surface area contributed by atoms with Crippen molar-refractivity contribution in [3.05, 3.63) is 0 Å². The lowest BCUT2D eigenvalue weighted by molar-refractivity contribution is 0.486. The molecule has 0 bridgehead atoms. The Morgan fingerprint density at radius 2 is 1.60 bits per heavy atom. The van der Waals surface area contributed by atoms with Crippen molar-refractivity contribution in [2.45, 2.75) is 72.3 Å². The Morgan fingerprint density at radius 1 is 1.00 bits per heavy atom. The summed E-state index contributed by atoms with van der Waals surface area (Å²) in [6, 6.07) is 0.426. The van der Waals surface area contributed by atoms with Gasteiger partial charge < -0.3 is 11.5 Å². The maximum absolute atomic E-state index is 5.67. The maximum atomic E-state index is 5.67. The van der Waals surface area contributed by atoms with Gasteiger partial charge in [0.25, 0.3) is 0 Å². The SMILES string of the molecule is CCC(N)CC(C)C.CCCCCCN. The summed E-state index contributed by atoms with van der Waals surface area (Å²) in [6.45, 7) is 9.61. The Kier molecular flexibility index (Phi) is 16.1. The van der Waals surface area contributed by atoms with Crippen LogP contribution in [0.15, 0.2) is 0 Å². The largest absolute Gasteiger partial charge is 0.330 e. The van der Waals surface area contributed by atoms with Crippen LogP contribution in [0.4, 0.5) is 0 Å². The van der Waals surface area contributed by atoms with E-state index in [-0.39, 0.29) is 0 Å². The molecule has 0 aromatic carbocycles. The molecule has 0 fully saturated rings. The number of rotatable bonds is 7.